The summed E-state index contributed by atoms with van der Waals surface area (Å²) in [6, 6.07) is 46.5. The van der Waals surface area contributed by atoms with Gasteiger partial charge < -0.3 is 20.5 Å². The van der Waals surface area contributed by atoms with Crippen molar-refractivity contribution in [2.24, 2.45) is 0 Å². The molecule has 2 amide bonds. The molecule has 3 N–H and O–H groups in total. The Balaban J connectivity index is 1.32. The van der Waals surface area contributed by atoms with E-state index in [1.807, 2.05) is 92.7 Å². The van der Waals surface area contributed by atoms with Crippen LogP contribution in [0.4, 0.5) is 4.79 Å². The van der Waals surface area contributed by atoms with Gasteiger partial charge in [0, 0.05) is 23.8 Å². The van der Waals surface area contributed by atoms with Crippen molar-refractivity contribution in [1.29, 1.82) is 0 Å². The van der Waals surface area contributed by atoms with Gasteiger partial charge in [0.1, 0.15) is 12.6 Å². The summed E-state index contributed by atoms with van der Waals surface area (Å²) in [7, 11) is 0. The highest BCUT2D eigenvalue weighted by Gasteiger charge is 2.47. The zero-order valence-electron chi connectivity index (χ0n) is 29.3. The average molecular weight is 699 g/mol. The second-order valence-electron chi connectivity index (χ2n) is 13.5. The third-order valence-corrected chi connectivity index (χ3v) is 11.4. The van der Waals surface area contributed by atoms with E-state index in [9.17, 15) is 14.7 Å². The van der Waals surface area contributed by atoms with Gasteiger partial charge in [0.15, 0.2) is 0 Å². The number of benzene rings is 5. The number of hydrogen-bond donors (Lipinski definition) is 3. The van der Waals surface area contributed by atoms with Crippen molar-refractivity contribution in [3.63, 3.8) is 0 Å². The molecule has 0 aromatic heterocycles. The molecule has 7 heteroatoms. The third kappa shape index (κ3) is 7.90. The first-order valence-electron chi connectivity index (χ1n) is 17.7. The minimum atomic E-state index is -0.952. The smallest absolute Gasteiger partial charge is 0.407 e. The van der Waals surface area contributed by atoms with E-state index in [1.165, 1.54) is 0 Å². The number of amides is 2. The van der Waals surface area contributed by atoms with Crippen molar-refractivity contribution < 1.29 is 19.4 Å². The number of rotatable bonds is 15. The summed E-state index contributed by atoms with van der Waals surface area (Å²) in [4.78, 5) is 28.0. The van der Waals surface area contributed by atoms with Crippen molar-refractivity contribution >= 4 is 23.8 Å². The molecule has 0 aliphatic heterocycles. The molecule has 0 heterocycles. The van der Waals surface area contributed by atoms with Crippen LogP contribution in [-0.4, -0.2) is 47.7 Å². The van der Waals surface area contributed by atoms with Gasteiger partial charge in [-0.2, -0.15) is 0 Å². The molecule has 5 aromatic rings. The Morgan fingerprint density at radius 3 is 1.65 bits per heavy atom. The van der Waals surface area contributed by atoms with E-state index >= 15 is 0 Å². The topological polar surface area (TPSA) is 87.7 Å². The van der Waals surface area contributed by atoms with Crippen LogP contribution in [0.1, 0.15) is 66.8 Å². The van der Waals surface area contributed by atoms with Crippen molar-refractivity contribution in [2.45, 2.75) is 54.6 Å². The standard InChI is InChI=1S/C44H46N2O4S/c1-43(2,51-44(32-19-7-3-8-20-32,33-21-9-4-10-22-33)34-23-11-5-12-24-34)40(41(48)45-29-17-6-18-30-47)46-42(49)50-31-39-37-27-15-13-25-35(37)36-26-14-16-28-38(36)39/h3-5,7-16,19-28,39-40,47H,6,17-18,29-31H2,1-2H3,(H,45,48)(H,46,49). The number of carbonyl (C=O) groups excluding carboxylic acids is 2. The zero-order chi connectivity index (χ0) is 35.7. The first-order valence-corrected chi connectivity index (χ1v) is 18.5. The largest absolute Gasteiger partial charge is 0.449 e. The Hall–Kier alpha value is -4.85. The van der Waals surface area contributed by atoms with Gasteiger partial charge in [-0.3, -0.25) is 4.79 Å². The summed E-state index contributed by atoms with van der Waals surface area (Å²) in [5.74, 6) is -0.390. The Labute approximate surface area is 305 Å². The Bertz CT molecular complexity index is 1760. The van der Waals surface area contributed by atoms with Crippen LogP contribution in [0.5, 0.6) is 0 Å². The van der Waals surface area contributed by atoms with Gasteiger partial charge in [-0.1, -0.05) is 140 Å². The van der Waals surface area contributed by atoms with Gasteiger partial charge in [0.25, 0.3) is 0 Å². The van der Waals surface area contributed by atoms with Crippen LogP contribution in [0.25, 0.3) is 11.1 Å². The van der Waals surface area contributed by atoms with Crippen molar-refractivity contribution in [3.8, 4) is 11.1 Å². The third-order valence-electron chi connectivity index (χ3n) is 9.65. The van der Waals surface area contributed by atoms with E-state index in [-0.39, 0.29) is 25.0 Å². The molecule has 0 bridgehead atoms. The lowest BCUT2D eigenvalue weighted by molar-refractivity contribution is -0.123. The summed E-state index contributed by atoms with van der Waals surface area (Å²) in [6.45, 7) is 4.72. The molecule has 0 spiro atoms. The van der Waals surface area contributed by atoms with Crippen LogP contribution in [0.2, 0.25) is 0 Å². The SMILES string of the molecule is CC(C)(SC(c1ccccc1)(c1ccccc1)c1ccccc1)C(NC(=O)OCC1c2ccccc2-c2ccccc21)C(=O)NCCCCCO. The Kier molecular flexibility index (Phi) is 11.6. The number of aliphatic hydroxyl groups is 1. The molecule has 0 saturated heterocycles. The van der Waals surface area contributed by atoms with Crippen LogP contribution in [0.15, 0.2) is 140 Å². The van der Waals surface area contributed by atoms with Crippen molar-refractivity contribution in [3.05, 3.63) is 167 Å². The number of aliphatic hydroxyl groups excluding tert-OH is 1. The molecular formula is C44H46N2O4S. The first kappa shape index (κ1) is 36.0. The number of unbranched alkanes of at least 4 members (excludes halogenated alkanes) is 2. The van der Waals surface area contributed by atoms with Crippen molar-refractivity contribution in [1.82, 2.24) is 10.6 Å². The highest BCUT2D eigenvalue weighted by molar-refractivity contribution is 8.02. The average Bonchev–Trinajstić information content (AvgIpc) is 3.49. The lowest BCUT2D eigenvalue weighted by Crippen LogP contribution is -2.57. The molecule has 1 aliphatic rings. The predicted molar refractivity (Wildman–Crippen MR) is 207 cm³/mol. The highest BCUT2D eigenvalue weighted by atomic mass is 32.2. The first-order chi connectivity index (χ1) is 24.8. The molecule has 262 valence electrons. The fourth-order valence-corrected chi connectivity index (χ4v) is 9.02. The molecule has 0 radical (unpaired) electrons. The van der Waals surface area contributed by atoms with Crippen LogP contribution < -0.4 is 10.6 Å². The molecule has 0 fully saturated rings. The van der Waals surface area contributed by atoms with Crippen LogP contribution in [-0.2, 0) is 14.3 Å². The van der Waals surface area contributed by atoms with Gasteiger partial charge >= 0.3 is 6.09 Å². The van der Waals surface area contributed by atoms with Crippen molar-refractivity contribution in [2.75, 3.05) is 19.8 Å². The highest BCUT2D eigenvalue weighted by Crippen LogP contribution is 2.54. The fourth-order valence-electron chi connectivity index (χ4n) is 7.19. The van der Waals surface area contributed by atoms with Crippen LogP contribution >= 0.6 is 11.8 Å². The maximum atomic E-state index is 14.2. The molecule has 6 nitrogen and oxygen atoms in total. The van der Waals surface area contributed by atoms with Gasteiger partial charge in [-0.25, -0.2) is 4.79 Å². The van der Waals surface area contributed by atoms with E-state index in [0.717, 1.165) is 51.8 Å². The van der Waals surface area contributed by atoms with Crippen LogP contribution in [0, 0.1) is 0 Å². The zero-order valence-corrected chi connectivity index (χ0v) is 30.1. The summed E-state index contributed by atoms with van der Waals surface area (Å²) in [5.41, 5.74) is 7.73. The summed E-state index contributed by atoms with van der Waals surface area (Å²) < 4.78 is 4.40. The summed E-state index contributed by atoms with van der Waals surface area (Å²) in [5, 5.41) is 15.3. The quantitative estimate of drug-likeness (QED) is 0.0753. The normalized spacial score (nSPS) is 13.2. The maximum Gasteiger partial charge on any atom is 0.407 e. The maximum absolute atomic E-state index is 14.2. The molecule has 5 aromatic carbocycles. The van der Waals surface area contributed by atoms with Gasteiger partial charge in [-0.15, -0.1) is 11.8 Å². The van der Waals surface area contributed by atoms with Crippen LogP contribution in [0.3, 0.4) is 0 Å². The molecule has 0 saturated carbocycles. The Morgan fingerprint density at radius 1 is 0.686 bits per heavy atom. The van der Waals surface area contributed by atoms with E-state index in [4.69, 9.17) is 4.74 Å². The van der Waals surface area contributed by atoms with Gasteiger partial charge in [0.2, 0.25) is 5.91 Å². The summed E-state index contributed by atoms with van der Waals surface area (Å²) >= 11 is 1.64. The number of hydrogen-bond acceptors (Lipinski definition) is 5. The number of ether oxygens (including phenoxy) is 1. The predicted octanol–water partition coefficient (Wildman–Crippen LogP) is 8.68. The summed E-state index contributed by atoms with van der Waals surface area (Å²) in [6.07, 6.45) is 1.54. The van der Waals surface area contributed by atoms with E-state index in [2.05, 4.69) is 71.3 Å². The molecule has 1 unspecified atom stereocenters. The van der Waals surface area contributed by atoms with E-state index in [0.29, 0.717) is 13.0 Å². The molecule has 1 atom stereocenters. The number of carbonyl (C=O) groups is 2. The molecule has 6 rings (SSSR count). The number of fused-ring (bicyclic) bond motifs is 3. The lowest BCUT2D eigenvalue weighted by Gasteiger charge is -2.44. The minimum Gasteiger partial charge on any atom is -0.449 e. The molecular weight excluding hydrogens is 653 g/mol. The second-order valence-corrected chi connectivity index (χ2v) is 15.3. The van der Waals surface area contributed by atoms with Gasteiger partial charge in [-0.05, 0) is 72.1 Å². The van der Waals surface area contributed by atoms with E-state index in [1.54, 1.807) is 11.8 Å². The lowest BCUT2D eigenvalue weighted by atomic mass is 9.84. The number of alkyl carbamates (subject to hydrolysis) is 1. The Morgan fingerprint density at radius 2 is 1.16 bits per heavy atom. The number of nitrogens with one attached hydrogen (secondary N) is 2. The molecule has 1 aliphatic carbocycles. The minimum absolute atomic E-state index is 0.105. The molecule has 51 heavy (non-hydrogen) atoms. The number of thioether (sulfide) groups is 1. The monoisotopic (exact) mass is 698 g/mol. The van der Waals surface area contributed by atoms with Gasteiger partial charge in [0.05, 0.1) is 4.75 Å². The second kappa shape index (κ2) is 16.4. The fraction of sp³-hybridized carbons (Fsp3) is 0.273. The van der Waals surface area contributed by atoms with E-state index < -0.39 is 21.6 Å².